The molecular formula is C19H30O4. The number of para-hydroxylation sites is 1. The van der Waals surface area contributed by atoms with E-state index in [-0.39, 0.29) is 18.0 Å². The van der Waals surface area contributed by atoms with Gasteiger partial charge in [-0.15, -0.1) is 0 Å². The molecular weight excluding hydrogens is 292 g/mol. The van der Waals surface area contributed by atoms with Crippen molar-refractivity contribution in [1.29, 1.82) is 0 Å². The topological polar surface area (TPSA) is 66.8 Å². The number of unbranched alkanes of at least 4 members (excludes halogenated alkanes) is 4. The highest BCUT2D eigenvalue weighted by Gasteiger charge is 2.13. The van der Waals surface area contributed by atoms with Crippen molar-refractivity contribution in [2.75, 3.05) is 7.11 Å². The average molecular weight is 322 g/mol. The Morgan fingerprint density at radius 2 is 1.96 bits per heavy atom. The number of aromatic hydroxyl groups is 1. The van der Waals surface area contributed by atoms with Crippen LogP contribution in [0.2, 0.25) is 0 Å². The van der Waals surface area contributed by atoms with Crippen molar-refractivity contribution in [3.05, 3.63) is 23.8 Å². The van der Waals surface area contributed by atoms with Crippen LogP contribution in [0, 0.1) is 0 Å². The summed E-state index contributed by atoms with van der Waals surface area (Å²) in [5, 5.41) is 19.9. The van der Waals surface area contributed by atoms with E-state index < -0.39 is 6.10 Å². The van der Waals surface area contributed by atoms with Crippen LogP contribution in [0.1, 0.15) is 63.9 Å². The number of aryl methyl sites for hydroxylation is 1. The van der Waals surface area contributed by atoms with Gasteiger partial charge >= 0.3 is 0 Å². The Kier molecular flexibility index (Phi) is 9.37. The molecule has 4 nitrogen and oxygen atoms in total. The fraction of sp³-hybridized carbons (Fsp3) is 0.632. The van der Waals surface area contributed by atoms with Crippen molar-refractivity contribution in [3.8, 4) is 11.5 Å². The summed E-state index contributed by atoms with van der Waals surface area (Å²) in [6.07, 6.45) is 6.89. The number of phenols is 1. The maximum Gasteiger partial charge on any atom is 0.160 e. The second-order valence-corrected chi connectivity index (χ2v) is 6.07. The van der Waals surface area contributed by atoms with E-state index in [9.17, 15) is 15.0 Å². The Morgan fingerprint density at radius 1 is 1.22 bits per heavy atom. The Morgan fingerprint density at radius 3 is 2.65 bits per heavy atom. The first kappa shape index (κ1) is 19.5. The van der Waals surface area contributed by atoms with Gasteiger partial charge in [0.2, 0.25) is 0 Å². The fourth-order valence-corrected chi connectivity index (χ4v) is 2.66. The van der Waals surface area contributed by atoms with Crippen molar-refractivity contribution < 1.29 is 19.7 Å². The van der Waals surface area contributed by atoms with E-state index in [0.29, 0.717) is 30.6 Å². The van der Waals surface area contributed by atoms with Crippen LogP contribution in [0.15, 0.2) is 18.2 Å². The number of rotatable bonds is 12. The maximum atomic E-state index is 12.0. The summed E-state index contributed by atoms with van der Waals surface area (Å²) < 4.78 is 5.05. The number of aliphatic hydroxyl groups excluding tert-OH is 1. The molecule has 1 atom stereocenters. The highest BCUT2D eigenvalue weighted by Crippen LogP contribution is 2.30. The second-order valence-electron chi connectivity index (χ2n) is 6.07. The molecule has 0 amide bonds. The lowest BCUT2D eigenvalue weighted by Gasteiger charge is -2.11. The molecule has 0 fully saturated rings. The van der Waals surface area contributed by atoms with Gasteiger partial charge in [-0.2, -0.15) is 0 Å². The largest absolute Gasteiger partial charge is 0.504 e. The SMILES string of the molecule is CCCCCCCC(O)CC(=O)CCc1cccc(OC)c1O. The molecule has 130 valence electrons. The maximum absolute atomic E-state index is 12.0. The number of hydrogen-bond donors (Lipinski definition) is 2. The van der Waals surface area contributed by atoms with Crippen LogP contribution in [0.5, 0.6) is 11.5 Å². The molecule has 0 spiro atoms. The third kappa shape index (κ3) is 7.51. The number of phenolic OH excluding ortho intramolecular Hbond substituents is 1. The lowest BCUT2D eigenvalue weighted by atomic mass is 10.0. The molecule has 0 radical (unpaired) electrons. The van der Waals surface area contributed by atoms with Crippen LogP contribution in [-0.4, -0.2) is 29.2 Å². The minimum Gasteiger partial charge on any atom is -0.504 e. The number of hydrogen-bond acceptors (Lipinski definition) is 4. The first-order chi connectivity index (χ1) is 11.1. The quantitative estimate of drug-likeness (QED) is 0.571. The molecule has 1 rings (SSSR count). The lowest BCUT2D eigenvalue weighted by Crippen LogP contribution is -2.14. The summed E-state index contributed by atoms with van der Waals surface area (Å²) in [5.74, 6) is 0.551. The molecule has 1 unspecified atom stereocenters. The molecule has 0 saturated carbocycles. The first-order valence-corrected chi connectivity index (χ1v) is 8.63. The number of methoxy groups -OCH3 is 1. The van der Waals surface area contributed by atoms with Crippen LogP contribution >= 0.6 is 0 Å². The van der Waals surface area contributed by atoms with Gasteiger partial charge in [0, 0.05) is 12.8 Å². The minimum absolute atomic E-state index is 0.0354. The summed E-state index contributed by atoms with van der Waals surface area (Å²) in [6.45, 7) is 2.17. The van der Waals surface area contributed by atoms with Crippen molar-refractivity contribution in [3.63, 3.8) is 0 Å². The molecule has 0 aliphatic heterocycles. The van der Waals surface area contributed by atoms with Gasteiger partial charge in [0.1, 0.15) is 5.78 Å². The molecule has 0 aliphatic rings. The number of carbonyl (C=O) groups excluding carboxylic acids is 1. The summed E-state index contributed by atoms with van der Waals surface area (Å²) >= 11 is 0. The van der Waals surface area contributed by atoms with Gasteiger partial charge in [0.05, 0.1) is 13.2 Å². The van der Waals surface area contributed by atoms with E-state index in [4.69, 9.17) is 4.74 Å². The molecule has 0 aliphatic carbocycles. The highest BCUT2D eigenvalue weighted by molar-refractivity contribution is 5.79. The highest BCUT2D eigenvalue weighted by atomic mass is 16.5. The van der Waals surface area contributed by atoms with Gasteiger partial charge in [-0.25, -0.2) is 0 Å². The summed E-state index contributed by atoms with van der Waals surface area (Å²) in [7, 11) is 1.50. The monoisotopic (exact) mass is 322 g/mol. The molecule has 0 aromatic heterocycles. The van der Waals surface area contributed by atoms with Gasteiger partial charge in [-0.1, -0.05) is 51.2 Å². The van der Waals surface area contributed by atoms with Crippen molar-refractivity contribution in [2.45, 2.75) is 70.8 Å². The van der Waals surface area contributed by atoms with Crippen LogP contribution < -0.4 is 4.74 Å². The third-order valence-electron chi connectivity index (χ3n) is 4.08. The van der Waals surface area contributed by atoms with Gasteiger partial charge < -0.3 is 14.9 Å². The standard InChI is InChI=1S/C19H30O4/c1-3-4-5-6-7-10-16(20)14-17(21)13-12-15-9-8-11-18(23-2)19(15)22/h8-9,11,16,20,22H,3-7,10,12-14H2,1-2H3. The van der Waals surface area contributed by atoms with Crippen LogP contribution in [0.4, 0.5) is 0 Å². The van der Waals surface area contributed by atoms with E-state index in [1.54, 1.807) is 18.2 Å². The average Bonchev–Trinajstić information content (AvgIpc) is 2.53. The van der Waals surface area contributed by atoms with E-state index in [2.05, 4.69) is 6.92 Å². The number of aliphatic hydroxyl groups is 1. The Bertz CT molecular complexity index is 470. The van der Waals surface area contributed by atoms with Gasteiger partial charge in [0.25, 0.3) is 0 Å². The Balaban J connectivity index is 2.28. The van der Waals surface area contributed by atoms with Crippen LogP contribution in [0.3, 0.4) is 0 Å². The normalized spacial score (nSPS) is 12.1. The molecule has 0 saturated heterocycles. The van der Waals surface area contributed by atoms with E-state index in [1.807, 2.05) is 0 Å². The summed E-state index contributed by atoms with van der Waals surface area (Å²) in [6, 6.07) is 5.27. The number of ether oxygens (including phenoxy) is 1. The van der Waals surface area contributed by atoms with E-state index in [1.165, 1.54) is 26.4 Å². The van der Waals surface area contributed by atoms with Crippen molar-refractivity contribution in [1.82, 2.24) is 0 Å². The minimum atomic E-state index is -0.539. The van der Waals surface area contributed by atoms with E-state index in [0.717, 1.165) is 12.8 Å². The van der Waals surface area contributed by atoms with Crippen LogP contribution in [0.25, 0.3) is 0 Å². The Hall–Kier alpha value is -1.55. The lowest BCUT2D eigenvalue weighted by molar-refractivity contribution is -0.121. The van der Waals surface area contributed by atoms with Gasteiger partial charge in [0.15, 0.2) is 11.5 Å². The van der Waals surface area contributed by atoms with Crippen LogP contribution in [-0.2, 0) is 11.2 Å². The van der Waals surface area contributed by atoms with Crippen molar-refractivity contribution in [2.24, 2.45) is 0 Å². The zero-order valence-corrected chi connectivity index (χ0v) is 14.4. The second kappa shape index (κ2) is 11.1. The molecule has 0 bridgehead atoms. The predicted octanol–water partition coefficient (Wildman–Crippen LogP) is 4.01. The smallest absolute Gasteiger partial charge is 0.160 e. The van der Waals surface area contributed by atoms with Gasteiger partial charge in [-0.05, 0) is 24.5 Å². The first-order valence-electron chi connectivity index (χ1n) is 8.63. The molecule has 0 heterocycles. The van der Waals surface area contributed by atoms with Crippen molar-refractivity contribution >= 4 is 5.78 Å². The Labute approximate surface area is 139 Å². The third-order valence-corrected chi connectivity index (χ3v) is 4.08. The molecule has 23 heavy (non-hydrogen) atoms. The molecule has 2 N–H and O–H groups in total. The number of ketones is 1. The zero-order valence-electron chi connectivity index (χ0n) is 14.4. The number of Topliss-reactive ketones (excluding diaryl/α,β-unsaturated/α-hetero) is 1. The van der Waals surface area contributed by atoms with Gasteiger partial charge in [-0.3, -0.25) is 4.79 Å². The summed E-state index contributed by atoms with van der Waals surface area (Å²) in [5.41, 5.74) is 0.701. The van der Waals surface area contributed by atoms with E-state index >= 15 is 0 Å². The molecule has 1 aromatic carbocycles. The molecule has 1 aromatic rings. The number of carbonyl (C=O) groups is 1. The fourth-order valence-electron chi connectivity index (χ4n) is 2.66. The zero-order chi connectivity index (χ0) is 17.1. The summed E-state index contributed by atoms with van der Waals surface area (Å²) in [4.78, 5) is 12.0. The number of benzene rings is 1. The predicted molar refractivity (Wildman–Crippen MR) is 92.0 cm³/mol. The molecule has 4 heteroatoms.